The van der Waals surface area contributed by atoms with Gasteiger partial charge in [-0.15, -0.1) is 5.10 Å². The van der Waals surface area contributed by atoms with Gasteiger partial charge in [-0.25, -0.2) is 9.50 Å². The number of benzene rings is 1. The number of rotatable bonds is 7. The number of carbonyl (C=O) groups excluding carboxylic acids is 1. The quantitative estimate of drug-likeness (QED) is 0.410. The average molecular weight is 504 g/mol. The van der Waals surface area contributed by atoms with Gasteiger partial charge < -0.3 is 9.88 Å². The van der Waals surface area contributed by atoms with Crippen LogP contribution in [0.25, 0.3) is 23.0 Å². The number of aryl methyl sites for hydroxylation is 1. The highest BCUT2D eigenvalue weighted by molar-refractivity contribution is 5.91. The van der Waals surface area contributed by atoms with Gasteiger partial charge in [-0.1, -0.05) is 45.9 Å². The number of imidazole rings is 1. The summed E-state index contributed by atoms with van der Waals surface area (Å²) in [5, 5.41) is 4.91. The molecule has 1 aliphatic carbocycles. The number of aromatic nitrogens is 4. The lowest BCUT2D eigenvalue weighted by Crippen LogP contribution is -2.28. The van der Waals surface area contributed by atoms with Crippen LogP contribution in [0.3, 0.4) is 0 Å². The number of hydrogen-bond acceptors (Lipinski definition) is 4. The third-order valence-electron chi connectivity index (χ3n) is 7.90. The van der Waals surface area contributed by atoms with Gasteiger partial charge in [-0.05, 0) is 75.0 Å². The molecule has 37 heavy (non-hydrogen) atoms. The van der Waals surface area contributed by atoms with Crippen molar-refractivity contribution in [1.82, 2.24) is 24.5 Å². The molecule has 198 valence electrons. The van der Waals surface area contributed by atoms with Crippen molar-refractivity contribution < 1.29 is 4.79 Å². The fraction of sp³-hybridized carbons (Fsp3) is 0.533. The number of fused-ring (bicyclic) bond motifs is 1. The monoisotopic (exact) mass is 503 g/mol. The molecule has 0 spiro atoms. The van der Waals surface area contributed by atoms with Crippen molar-refractivity contribution >= 4 is 17.5 Å². The van der Waals surface area contributed by atoms with Crippen molar-refractivity contribution in [2.75, 3.05) is 13.1 Å². The summed E-state index contributed by atoms with van der Waals surface area (Å²) < 4.78 is 1.81. The van der Waals surface area contributed by atoms with Crippen molar-refractivity contribution in [3.8, 4) is 11.4 Å². The zero-order valence-corrected chi connectivity index (χ0v) is 23.2. The standard InChI is InChI=1S/C30H41N5O2/c1-7-24-26-29(37)32-27(22-12-10-11-20(19-22)13-18-25(36)34(8-2)9-3)33-35(26)28(31-24)21-14-16-23(17-15-21)30(4,5)6/h10-13,18-19,21,23H,7-9,14-17H2,1-6H3,(H,32,33,37)/b18-13-. The molecule has 1 aliphatic rings. The molecule has 1 fully saturated rings. The highest BCUT2D eigenvalue weighted by Crippen LogP contribution is 2.43. The summed E-state index contributed by atoms with van der Waals surface area (Å²) in [6.45, 7) is 14.3. The number of carbonyl (C=O) groups is 1. The maximum absolute atomic E-state index is 13.3. The fourth-order valence-electron chi connectivity index (χ4n) is 5.55. The molecule has 4 rings (SSSR count). The van der Waals surface area contributed by atoms with E-state index in [0.717, 1.165) is 35.5 Å². The second-order valence-electron chi connectivity index (χ2n) is 11.2. The van der Waals surface area contributed by atoms with Gasteiger partial charge in [0.25, 0.3) is 5.56 Å². The first kappa shape index (κ1) is 26.8. The molecule has 0 saturated heterocycles. The molecule has 0 atom stereocenters. The molecule has 1 aromatic carbocycles. The number of likely N-dealkylation sites (N-methyl/N-ethyl adjacent to an activating group) is 1. The molecular formula is C30H41N5O2. The smallest absolute Gasteiger partial charge is 0.277 e. The van der Waals surface area contributed by atoms with E-state index in [4.69, 9.17) is 10.1 Å². The molecule has 2 aromatic heterocycles. The lowest BCUT2D eigenvalue weighted by molar-refractivity contribution is -0.125. The Bertz CT molecular complexity index is 1330. The molecule has 3 aromatic rings. The highest BCUT2D eigenvalue weighted by Gasteiger charge is 2.32. The van der Waals surface area contributed by atoms with Crippen LogP contribution in [-0.4, -0.2) is 43.5 Å². The van der Waals surface area contributed by atoms with Crippen molar-refractivity contribution in [3.05, 3.63) is 57.8 Å². The Labute approximate surface area is 220 Å². The number of nitrogens with zero attached hydrogens (tertiary/aromatic N) is 4. The third kappa shape index (κ3) is 5.71. The Kier molecular flexibility index (Phi) is 8.00. The van der Waals surface area contributed by atoms with Crippen molar-refractivity contribution in [1.29, 1.82) is 0 Å². The number of amides is 1. The normalized spacial score (nSPS) is 18.5. The summed E-state index contributed by atoms with van der Waals surface area (Å²) in [4.78, 5) is 35.3. The minimum atomic E-state index is -0.165. The second kappa shape index (κ2) is 11.0. The third-order valence-corrected chi connectivity index (χ3v) is 7.90. The van der Waals surface area contributed by atoms with E-state index in [1.165, 1.54) is 12.8 Å². The topological polar surface area (TPSA) is 83.4 Å². The summed E-state index contributed by atoms with van der Waals surface area (Å²) in [6, 6.07) is 7.74. The van der Waals surface area contributed by atoms with Gasteiger partial charge in [-0.3, -0.25) is 9.59 Å². The van der Waals surface area contributed by atoms with Crippen molar-refractivity contribution in [2.24, 2.45) is 11.3 Å². The van der Waals surface area contributed by atoms with E-state index in [1.54, 1.807) is 11.0 Å². The second-order valence-corrected chi connectivity index (χ2v) is 11.2. The summed E-state index contributed by atoms with van der Waals surface area (Å²) in [6.07, 6.45) is 8.56. The first-order valence-electron chi connectivity index (χ1n) is 13.7. The van der Waals surface area contributed by atoms with E-state index < -0.39 is 0 Å². The molecule has 0 aliphatic heterocycles. The van der Waals surface area contributed by atoms with E-state index in [9.17, 15) is 9.59 Å². The van der Waals surface area contributed by atoms with E-state index in [0.29, 0.717) is 48.1 Å². The predicted octanol–water partition coefficient (Wildman–Crippen LogP) is 5.85. The SMILES string of the molecule is CCc1nc(C2CCC(C(C)(C)C)CC2)n2nc(-c3cccc(/C=C\C(=O)N(CC)CC)c3)[nH]c(=O)c12. The lowest BCUT2D eigenvalue weighted by Gasteiger charge is -2.36. The first-order valence-corrected chi connectivity index (χ1v) is 13.7. The predicted molar refractivity (Wildman–Crippen MR) is 150 cm³/mol. The minimum Gasteiger partial charge on any atom is -0.340 e. The summed E-state index contributed by atoms with van der Waals surface area (Å²) >= 11 is 0. The largest absolute Gasteiger partial charge is 0.340 e. The van der Waals surface area contributed by atoms with E-state index in [-0.39, 0.29) is 11.5 Å². The van der Waals surface area contributed by atoms with Crippen LogP contribution in [0, 0.1) is 11.3 Å². The van der Waals surface area contributed by atoms with E-state index >= 15 is 0 Å². The van der Waals surface area contributed by atoms with Crippen LogP contribution in [-0.2, 0) is 11.2 Å². The zero-order chi connectivity index (χ0) is 26.7. The summed E-state index contributed by atoms with van der Waals surface area (Å²) in [5.74, 6) is 2.41. The molecule has 0 radical (unpaired) electrons. The number of nitrogens with one attached hydrogen (secondary N) is 1. The summed E-state index contributed by atoms with van der Waals surface area (Å²) in [7, 11) is 0. The van der Waals surface area contributed by atoms with Crippen LogP contribution in [0.1, 0.15) is 90.2 Å². The number of H-pyrrole nitrogens is 1. The van der Waals surface area contributed by atoms with Crippen LogP contribution in [0.2, 0.25) is 0 Å². The van der Waals surface area contributed by atoms with Crippen molar-refractivity contribution in [3.63, 3.8) is 0 Å². The van der Waals surface area contributed by atoms with E-state index in [1.807, 2.05) is 55.6 Å². The molecule has 0 bridgehead atoms. The number of aromatic amines is 1. The van der Waals surface area contributed by atoms with Crippen LogP contribution in [0.5, 0.6) is 0 Å². The maximum Gasteiger partial charge on any atom is 0.277 e. The Balaban J connectivity index is 1.68. The Hall–Kier alpha value is -3.22. The van der Waals surface area contributed by atoms with Gasteiger partial charge in [0.05, 0.1) is 5.69 Å². The summed E-state index contributed by atoms with van der Waals surface area (Å²) in [5.41, 5.74) is 3.18. The molecule has 7 nitrogen and oxygen atoms in total. The minimum absolute atomic E-state index is 0.0142. The van der Waals surface area contributed by atoms with Crippen molar-refractivity contribution in [2.45, 2.75) is 79.6 Å². The molecule has 0 unspecified atom stereocenters. The van der Waals surface area contributed by atoms with Crippen LogP contribution in [0.4, 0.5) is 0 Å². The molecule has 2 heterocycles. The van der Waals surface area contributed by atoms with Gasteiger partial charge in [0.15, 0.2) is 11.3 Å². The number of hydrogen-bond donors (Lipinski definition) is 1. The van der Waals surface area contributed by atoms with Gasteiger partial charge in [0.1, 0.15) is 5.82 Å². The maximum atomic E-state index is 13.3. The van der Waals surface area contributed by atoms with Gasteiger partial charge in [0.2, 0.25) is 5.91 Å². The van der Waals surface area contributed by atoms with Crippen LogP contribution in [0.15, 0.2) is 35.1 Å². The van der Waals surface area contributed by atoms with Crippen LogP contribution < -0.4 is 5.56 Å². The molecule has 7 heteroatoms. The van der Waals surface area contributed by atoms with Crippen LogP contribution >= 0.6 is 0 Å². The molecule has 1 amide bonds. The van der Waals surface area contributed by atoms with Gasteiger partial charge in [-0.2, -0.15) is 0 Å². The average Bonchev–Trinajstić information content (AvgIpc) is 3.27. The zero-order valence-electron chi connectivity index (χ0n) is 23.2. The fourth-order valence-corrected chi connectivity index (χ4v) is 5.55. The molecule has 1 saturated carbocycles. The van der Waals surface area contributed by atoms with Gasteiger partial charge in [0, 0.05) is 30.6 Å². The van der Waals surface area contributed by atoms with E-state index in [2.05, 4.69) is 25.8 Å². The lowest BCUT2D eigenvalue weighted by atomic mass is 9.70. The van der Waals surface area contributed by atoms with Gasteiger partial charge >= 0.3 is 0 Å². The first-order chi connectivity index (χ1) is 17.7. The Morgan fingerprint density at radius 3 is 2.46 bits per heavy atom. The molecular weight excluding hydrogens is 462 g/mol. The molecule has 1 N–H and O–H groups in total. The Morgan fingerprint density at radius 1 is 1.14 bits per heavy atom. The highest BCUT2D eigenvalue weighted by atomic mass is 16.2. The Morgan fingerprint density at radius 2 is 1.84 bits per heavy atom.